The number of amides is 2. The van der Waals surface area contributed by atoms with Crippen molar-refractivity contribution in [3.63, 3.8) is 0 Å². The molecule has 0 saturated carbocycles. The minimum atomic E-state index is -4.87. The molecule has 0 aromatic carbocycles. The van der Waals surface area contributed by atoms with E-state index in [4.69, 9.17) is 5.11 Å². The van der Waals surface area contributed by atoms with E-state index in [1.165, 1.54) is 4.90 Å². The van der Waals surface area contributed by atoms with Gasteiger partial charge in [0.05, 0.1) is 0 Å². The maximum absolute atomic E-state index is 13.1. The molecule has 1 heterocycles. The van der Waals surface area contributed by atoms with Crippen molar-refractivity contribution in [3.8, 4) is 0 Å². The minimum absolute atomic E-state index is 0.184. The Bertz CT molecular complexity index is 412. The first-order valence-corrected chi connectivity index (χ1v) is 6.89. The fraction of sp³-hybridized carbons (Fsp3) is 0.846. The Morgan fingerprint density at radius 1 is 1.38 bits per heavy atom. The van der Waals surface area contributed by atoms with Crippen LogP contribution >= 0.6 is 0 Å². The lowest BCUT2D eigenvalue weighted by Gasteiger charge is -2.30. The summed E-state index contributed by atoms with van der Waals surface area (Å²) < 4.78 is 39.2. The SMILES string of the molecule is CCN(CC(C)C)C(=O)N1CCC(C(=O)O)(C(F)(F)F)C1. The molecule has 1 unspecified atom stereocenters. The summed E-state index contributed by atoms with van der Waals surface area (Å²) in [6.07, 6.45) is -5.47. The van der Waals surface area contributed by atoms with E-state index in [1.54, 1.807) is 6.92 Å². The van der Waals surface area contributed by atoms with Crippen LogP contribution in [0.2, 0.25) is 0 Å². The molecule has 1 atom stereocenters. The van der Waals surface area contributed by atoms with Crippen LogP contribution in [0, 0.1) is 11.3 Å². The predicted octanol–water partition coefficient (Wildman–Crippen LogP) is 2.42. The predicted molar refractivity (Wildman–Crippen MR) is 69.8 cm³/mol. The Hall–Kier alpha value is -1.47. The van der Waals surface area contributed by atoms with Gasteiger partial charge in [0, 0.05) is 26.2 Å². The first-order chi connectivity index (χ1) is 9.55. The van der Waals surface area contributed by atoms with Gasteiger partial charge in [-0.1, -0.05) is 13.8 Å². The summed E-state index contributed by atoms with van der Waals surface area (Å²) in [6, 6.07) is -0.529. The van der Waals surface area contributed by atoms with Crippen molar-refractivity contribution in [2.75, 3.05) is 26.2 Å². The van der Waals surface area contributed by atoms with E-state index >= 15 is 0 Å². The molecule has 21 heavy (non-hydrogen) atoms. The summed E-state index contributed by atoms with van der Waals surface area (Å²) in [5.74, 6) is -1.74. The monoisotopic (exact) mass is 310 g/mol. The van der Waals surface area contributed by atoms with E-state index < -0.39 is 36.6 Å². The number of carbonyl (C=O) groups excluding carboxylic acids is 1. The third-order valence-electron chi connectivity index (χ3n) is 3.73. The van der Waals surface area contributed by atoms with Gasteiger partial charge in [-0.2, -0.15) is 13.2 Å². The van der Waals surface area contributed by atoms with Crippen LogP contribution < -0.4 is 0 Å². The van der Waals surface area contributed by atoms with Gasteiger partial charge in [-0.05, 0) is 19.3 Å². The molecule has 2 amide bonds. The Labute approximate surface area is 121 Å². The van der Waals surface area contributed by atoms with Crippen LogP contribution in [0.5, 0.6) is 0 Å². The van der Waals surface area contributed by atoms with Crippen LogP contribution in [0.15, 0.2) is 0 Å². The molecule has 122 valence electrons. The molecular weight excluding hydrogens is 289 g/mol. The van der Waals surface area contributed by atoms with Gasteiger partial charge in [-0.25, -0.2) is 4.79 Å². The molecule has 0 spiro atoms. The van der Waals surface area contributed by atoms with Crippen molar-refractivity contribution in [3.05, 3.63) is 0 Å². The number of carbonyl (C=O) groups is 2. The zero-order valence-corrected chi connectivity index (χ0v) is 12.4. The van der Waals surface area contributed by atoms with E-state index in [1.807, 2.05) is 13.8 Å². The molecule has 0 aromatic heterocycles. The highest BCUT2D eigenvalue weighted by molar-refractivity contribution is 5.80. The molecule has 1 rings (SSSR count). The largest absolute Gasteiger partial charge is 0.481 e. The number of carboxylic acids is 1. The standard InChI is InChI=1S/C13H21F3N2O3/c1-4-17(7-9(2)3)11(21)18-6-5-12(8-18,10(19)20)13(14,15)16/h9H,4-8H2,1-3H3,(H,19,20). The Morgan fingerprint density at radius 3 is 2.29 bits per heavy atom. The number of likely N-dealkylation sites (tertiary alicyclic amines) is 1. The van der Waals surface area contributed by atoms with Gasteiger partial charge in [-0.15, -0.1) is 0 Å². The quantitative estimate of drug-likeness (QED) is 0.867. The van der Waals surface area contributed by atoms with E-state index in [2.05, 4.69) is 0 Å². The van der Waals surface area contributed by atoms with Crippen molar-refractivity contribution in [1.29, 1.82) is 0 Å². The molecule has 5 nitrogen and oxygen atoms in total. The highest BCUT2D eigenvalue weighted by Crippen LogP contribution is 2.45. The fourth-order valence-corrected chi connectivity index (χ4v) is 2.48. The number of carboxylic acid groups (broad SMARTS) is 1. The number of hydrogen-bond donors (Lipinski definition) is 1. The molecule has 0 aliphatic carbocycles. The molecule has 1 fully saturated rings. The molecular formula is C13H21F3N2O3. The molecule has 0 aromatic rings. The highest BCUT2D eigenvalue weighted by Gasteiger charge is 2.64. The van der Waals surface area contributed by atoms with Crippen molar-refractivity contribution < 1.29 is 27.9 Å². The number of halogens is 3. The number of alkyl halides is 3. The summed E-state index contributed by atoms with van der Waals surface area (Å²) in [4.78, 5) is 25.8. The third kappa shape index (κ3) is 3.41. The van der Waals surface area contributed by atoms with Crippen molar-refractivity contribution in [1.82, 2.24) is 9.80 Å². The molecule has 0 radical (unpaired) electrons. The first-order valence-electron chi connectivity index (χ1n) is 6.89. The number of hydrogen-bond acceptors (Lipinski definition) is 2. The topological polar surface area (TPSA) is 60.9 Å². The number of aliphatic carboxylic acids is 1. The Balaban J connectivity index is 2.89. The fourth-order valence-electron chi connectivity index (χ4n) is 2.48. The zero-order chi connectivity index (χ0) is 16.4. The highest BCUT2D eigenvalue weighted by atomic mass is 19.4. The third-order valence-corrected chi connectivity index (χ3v) is 3.73. The van der Waals surface area contributed by atoms with Crippen LogP contribution in [0.1, 0.15) is 27.2 Å². The Kier molecular flexibility index (Phi) is 5.11. The second kappa shape index (κ2) is 6.11. The molecule has 1 aliphatic heterocycles. The van der Waals surface area contributed by atoms with Gasteiger partial charge in [0.15, 0.2) is 5.41 Å². The molecule has 8 heteroatoms. The van der Waals surface area contributed by atoms with Gasteiger partial charge >= 0.3 is 18.2 Å². The smallest absolute Gasteiger partial charge is 0.406 e. The first kappa shape index (κ1) is 17.6. The summed E-state index contributed by atoms with van der Waals surface area (Å²) in [7, 11) is 0. The summed E-state index contributed by atoms with van der Waals surface area (Å²) in [5.41, 5.74) is -2.85. The van der Waals surface area contributed by atoms with Crippen LogP contribution in [0.4, 0.5) is 18.0 Å². The van der Waals surface area contributed by atoms with Gasteiger partial charge < -0.3 is 14.9 Å². The number of urea groups is 1. The van der Waals surface area contributed by atoms with Crippen LogP contribution in [0.25, 0.3) is 0 Å². The number of rotatable bonds is 4. The minimum Gasteiger partial charge on any atom is -0.481 e. The van der Waals surface area contributed by atoms with Crippen LogP contribution in [0.3, 0.4) is 0 Å². The second-order valence-corrected chi connectivity index (χ2v) is 5.77. The van der Waals surface area contributed by atoms with Crippen molar-refractivity contribution in [2.45, 2.75) is 33.4 Å². The van der Waals surface area contributed by atoms with Gasteiger partial charge in [0.25, 0.3) is 0 Å². The normalized spacial score (nSPS) is 22.7. The van der Waals surface area contributed by atoms with Gasteiger partial charge in [0.1, 0.15) is 0 Å². The lowest BCUT2D eigenvalue weighted by molar-refractivity contribution is -0.227. The second-order valence-electron chi connectivity index (χ2n) is 5.77. The molecule has 1 saturated heterocycles. The van der Waals surface area contributed by atoms with Crippen LogP contribution in [-0.2, 0) is 4.79 Å². The summed E-state index contributed by atoms with van der Waals surface area (Å²) >= 11 is 0. The Morgan fingerprint density at radius 2 is 1.95 bits per heavy atom. The van der Waals surface area contributed by atoms with E-state index in [0.29, 0.717) is 13.1 Å². The lowest BCUT2D eigenvalue weighted by atomic mass is 9.86. The van der Waals surface area contributed by atoms with Crippen molar-refractivity contribution >= 4 is 12.0 Å². The molecule has 0 bridgehead atoms. The summed E-state index contributed by atoms with van der Waals surface area (Å²) in [6.45, 7) is 5.33. The van der Waals surface area contributed by atoms with E-state index in [9.17, 15) is 22.8 Å². The average molecular weight is 310 g/mol. The average Bonchev–Trinajstić information content (AvgIpc) is 2.80. The van der Waals surface area contributed by atoms with E-state index in [0.717, 1.165) is 4.90 Å². The van der Waals surface area contributed by atoms with Gasteiger partial charge in [0.2, 0.25) is 0 Å². The van der Waals surface area contributed by atoms with Crippen molar-refractivity contribution in [2.24, 2.45) is 11.3 Å². The molecule has 1 N–H and O–H groups in total. The maximum atomic E-state index is 13.1. The number of nitrogens with zero attached hydrogens (tertiary/aromatic N) is 2. The zero-order valence-electron chi connectivity index (χ0n) is 12.4. The lowest BCUT2D eigenvalue weighted by Crippen LogP contribution is -2.50. The summed E-state index contributed by atoms with van der Waals surface area (Å²) in [5, 5.41) is 8.97. The van der Waals surface area contributed by atoms with E-state index in [-0.39, 0.29) is 12.5 Å². The molecule has 1 aliphatic rings. The van der Waals surface area contributed by atoms with Gasteiger partial charge in [-0.3, -0.25) is 4.79 Å². The maximum Gasteiger partial charge on any atom is 0.406 e. The van der Waals surface area contributed by atoms with Crippen LogP contribution in [-0.4, -0.2) is 59.3 Å².